The molecule has 4 aromatic rings. The minimum Gasteiger partial charge on any atom is -0.347 e. The summed E-state index contributed by atoms with van der Waals surface area (Å²) in [5.41, 5.74) is 3.26. The van der Waals surface area contributed by atoms with Gasteiger partial charge < -0.3 is 14.9 Å². The number of H-pyrrole nitrogens is 1. The molecule has 33 heavy (non-hydrogen) atoms. The minimum atomic E-state index is -0.440. The van der Waals surface area contributed by atoms with Crippen molar-refractivity contribution in [3.05, 3.63) is 82.0 Å². The highest BCUT2D eigenvalue weighted by Crippen LogP contribution is 2.35. The number of amides is 1. The Morgan fingerprint density at radius 3 is 2.79 bits per heavy atom. The van der Waals surface area contributed by atoms with Gasteiger partial charge >= 0.3 is 0 Å². The molecule has 1 aromatic carbocycles. The lowest BCUT2D eigenvalue weighted by molar-refractivity contribution is 0.0947. The Bertz CT molecular complexity index is 1400. The quantitative estimate of drug-likeness (QED) is 0.485. The summed E-state index contributed by atoms with van der Waals surface area (Å²) in [6.45, 7) is 0.123. The van der Waals surface area contributed by atoms with Crippen LogP contribution in [0.5, 0.6) is 0 Å². The van der Waals surface area contributed by atoms with Crippen LogP contribution in [0, 0.1) is 5.82 Å². The van der Waals surface area contributed by atoms with E-state index in [9.17, 15) is 14.0 Å². The molecule has 1 fully saturated rings. The molecule has 0 saturated heterocycles. The number of halogens is 1. The smallest absolute Gasteiger partial charge is 0.272 e. The molecule has 1 aliphatic carbocycles. The standard InChI is InChI=1S/C25H24FN5O2/c1-31-23-20(30-24(31)16-4-2-3-5-16)7-9-28-22(23)25(33)29-14-15-10-18(12-19(26)11-15)17-6-8-27-21(32)13-17/h6-13,16H,2-5,14H2,1H3,(H,27,32)(H,29,33). The van der Waals surface area contributed by atoms with E-state index in [1.54, 1.807) is 18.3 Å². The van der Waals surface area contributed by atoms with Crippen molar-refractivity contribution >= 4 is 16.9 Å². The highest BCUT2D eigenvalue weighted by Gasteiger charge is 2.25. The van der Waals surface area contributed by atoms with Gasteiger partial charge in [-0.1, -0.05) is 12.8 Å². The Morgan fingerprint density at radius 1 is 1.18 bits per heavy atom. The second-order valence-corrected chi connectivity index (χ2v) is 8.51. The monoisotopic (exact) mass is 445 g/mol. The van der Waals surface area contributed by atoms with Crippen molar-refractivity contribution in [3.63, 3.8) is 0 Å². The fourth-order valence-corrected chi connectivity index (χ4v) is 4.70. The molecule has 1 aliphatic rings. The summed E-state index contributed by atoms with van der Waals surface area (Å²) < 4.78 is 16.2. The third-order valence-electron chi connectivity index (χ3n) is 6.27. The highest BCUT2D eigenvalue weighted by molar-refractivity contribution is 6.03. The Hall–Kier alpha value is -3.81. The number of benzene rings is 1. The summed E-state index contributed by atoms with van der Waals surface area (Å²) in [5, 5.41) is 2.85. The van der Waals surface area contributed by atoms with Gasteiger partial charge in [0.2, 0.25) is 5.56 Å². The molecule has 5 rings (SSSR count). The van der Waals surface area contributed by atoms with E-state index >= 15 is 0 Å². The number of pyridine rings is 2. The zero-order valence-electron chi connectivity index (χ0n) is 18.3. The normalized spacial score (nSPS) is 14.1. The van der Waals surface area contributed by atoms with Crippen molar-refractivity contribution in [1.29, 1.82) is 0 Å². The summed E-state index contributed by atoms with van der Waals surface area (Å²) in [5.74, 6) is 0.625. The predicted octanol–water partition coefficient (Wildman–Crippen LogP) is 4.05. The van der Waals surface area contributed by atoms with E-state index in [-0.39, 0.29) is 18.0 Å². The molecule has 1 saturated carbocycles. The van der Waals surface area contributed by atoms with Gasteiger partial charge in [0.25, 0.3) is 5.91 Å². The molecule has 7 nitrogen and oxygen atoms in total. The Balaban J connectivity index is 1.40. The van der Waals surface area contributed by atoms with Crippen LogP contribution in [0.3, 0.4) is 0 Å². The number of aromatic nitrogens is 4. The van der Waals surface area contributed by atoms with Crippen LogP contribution < -0.4 is 10.9 Å². The predicted molar refractivity (Wildman–Crippen MR) is 123 cm³/mol. The summed E-state index contributed by atoms with van der Waals surface area (Å²) >= 11 is 0. The maximum absolute atomic E-state index is 14.3. The summed E-state index contributed by atoms with van der Waals surface area (Å²) in [4.78, 5) is 36.3. The zero-order valence-corrected chi connectivity index (χ0v) is 18.3. The van der Waals surface area contributed by atoms with Crippen molar-refractivity contribution in [2.75, 3.05) is 0 Å². The molecule has 3 heterocycles. The molecule has 3 aromatic heterocycles. The highest BCUT2D eigenvalue weighted by atomic mass is 19.1. The average Bonchev–Trinajstić information content (AvgIpc) is 3.45. The van der Waals surface area contributed by atoms with E-state index in [1.165, 1.54) is 37.2 Å². The van der Waals surface area contributed by atoms with E-state index in [0.717, 1.165) is 24.2 Å². The van der Waals surface area contributed by atoms with E-state index in [1.807, 2.05) is 17.7 Å². The number of rotatable bonds is 5. The first-order valence-corrected chi connectivity index (χ1v) is 11.1. The van der Waals surface area contributed by atoms with Gasteiger partial charge in [0, 0.05) is 38.0 Å². The molecule has 1 amide bonds. The minimum absolute atomic E-state index is 0.123. The van der Waals surface area contributed by atoms with Gasteiger partial charge in [-0.05, 0) is 59.9 Å². The molecule has 8 heteroatoms. The molecule has 0 spiro atoms. The van der Waals surface area contributed by atoms with Crippen LogP contribution in [0.4, 0.5) is 4.39 Å². The van der Waals surface area contributed by atoms with Crippen LogP contribution in [-0.2, 0) is 13.6 Å². The van der Waals surface area contributed by atoms with Crippen molar-refractivity contribution in [1.82, 2.24) is 24.8 Å². The maximum Gasteiger partial charge on any atom is 0.272 e. The molecule has 0 unspecified atom stereocenters. The van der Waals surface area contributed by atoms with Gasteiger partial charge in [0.05, 0.1) is 11.0 Å². The first-order valence-electron chi connectivity index (χ1n) is 11.1. The van der Waals surface area contributed by atoms with Crippen LogP contribution in [0.25, 0.3) is 22.2 Å². The van der Waals surface area contributed by atoms with Gasteiger partial charge in [-0.2, -0.15) is 0 Å². The largest absolute Gasteiger partial charge is 0.347 e. The SMILES string of the molecule is Cn1c(C2CCCC2)nc2ccnc(C(=O)NCc3cc(F)cc(-c4cc[nH]c(=O)c4)c3)c21. The number of aromatic amines is 1. The Morgan fingerprint density at radius 2 is 2.00 bits per heavy atom. The third kappa shape index (κ3) is 4.16. The zero-order chi connectivity index (χ0) is 22.9. The lowest BCUT2D eigenvalue weighted by Gasteiger charge is -2.11. The van der Waals surface area contributed by atoms with Gasteiger partial charge in [0.1, 0.15) is 11.6 Å². The van der Waals surface area contributed by atoms with Crippen LogP contribution in [-0.4, -0.2) is 25.4 Å². The topological polar surface area (TPSA) is 92.7 Å². The fourth-order valence-electron chi connectivity index (χ4n) is 4.70. The number of carbonyl (C=O) groups excluding carboxylic acids is 1. The first-order chi connectivity index (χ1) is 16.0. The molecule has 0 atom stereocenters. The summed E-state index contributed by atoms with van der Waals surface area (Å²) in [7, 11) is 1.93. The van der Waals surface area contributed by atoms with Gasteiger partial charge in [-0.3, -0.25) is 9.59 Å². The van der Waals surface area contributed by atoms with Crippen molar-refractivity contribution < 1.29 is 9.18 Å². The number of nitrogens with one attached hydrogen (secondary N) is 2. The van der Waals surface area contributed by atoms with Gasteiger partial charge in [0.15, 0.2) is 5.69 Å². The molecule has 0 aliphatic heterocycles. The van der Waals surface area contributed by atoms with E-state index in [4.69, 9.17) is 4.98 Å². The molecular formula is C25H24FN5O2. The lowest BCUT2D eigenvalue weighted by atomic mass is 10.0. The van der Waals surface area contributed by atoms with Crippen LogP contribution in [0.2, 0.25) is 0 Å². The summed E-state index contributed by atoms with van der Waals surface area (Å²) in [6.07, 6.45) is 7.74. The van der Waals surface area contributed by atoms with E-state index in [0.29, 0.717) is 33.8 Å². The number of nitrogens with zero attached hydrogens (tertiary/aromatic N) is 3. The van der Waals surface area contributed by atoms with Crippen LogP contribution >= 0.6 is 0 Å². The van der Waals surface area contributed by atoms with Gasteiger partial charge in [-0.15, -0.1) is 0 Å². The van der Waals surface area contributed by atoms with Crippen molar-refractivity contribution in [2.45, 2.75) is 38.1 Å². The lowest BCUT2D eigenvalue weighted by Crippen LogP contribution is -2.24. The number of aryl methyl sites for hydroxylation is 1. The molecule has 168 valence electrons. The van der Waals surface area contributed by atoms with E-state index in [2.05, 4.69) is 15.3 Å². The summed E-state index contributed by atoms with van der Waals surface area (Å²) in [6, 6.07) is 9.43. The molecule has 0 bridgehead atoms. The Labute approximate surface area is 189 Å². The van der Waals surface area contributed by atoms with Crippen molar-refractivity contribution in [2.24, 2.45) is 7.05 Å². The van der Waals surface area contributed by atoms with Crippen molar-refractivity contribution in [3.8, 4) is 11.1 Å². The maximum atomic E-state index is 14.3. The number of fused-ring (bicyclic) bond motifs is 1. The fraction of sp³-hybridized carbons (Fsp3) is 0.280. The number of carbonyl (C=O) groups is 1. The molecule has 0 radical (unpaired) electrons. The first kappa shape index (κ1) is 21.1. The van der Waals surface area contributed by atoms with Crippen LogP contribution in [0.15, 0.2) is 53.6 Å². The van der Waals surface area contributed by atoms with Crippen LogP contribution in [0.1, 0.15) is 53.5 Å². The number of hydrogen-bond donors (Lipinski definition) is 2. The second-order valence-electron chi connectivity index (χ2n) is 8.51. The molecule has 2 N–H and O–H groups in total. The van der Waals surface area contributed by atoms with Gasteiger partial charge in [-0.25, -0.2) is 14.4 Å². The average molecular weight is 445 g/mol. The third-order valence-corrected chi connectivity index (χ3v) is 6.27. The molecular weight excluding hydrogens is 421 g/mol. The second kappa shape index (κ2) is 8.61. The Kier molecular flexibility index (Phi) is 5.50. The number of imidazole rings is 1. The number of hydrogen-bond acceptors (Lipinski definition) is 4. The van der Waals surface area contributed by atoms with E-state index < -0.39 is 5.82 Å².